The van der Waals surface area contributed by atoms with E-state index >= 15 is 0 Å². The minimum Gasteiger partial charge on any atom is -0.395 e. The molecule has 2 fully saturated rings. The number of β-amino-alcohol motifs (C(OH)–C–C–N with tert-alkyl or cyclic N) is 1. The van der Waals surface area contributed by atoms with E-state index in [2.05, 4.69) is 37.1 Å². The van der Waals surface area contributed by atoms with E-state index in [4.69, 9.17) is 10.8 Å². The number of aromatic nitrogens is 1. The average molecular weight is 493 g/mol. The van der Waals surface area contributed by atoms with E-state index in [1.807, 2.05) is 36.4 Å². The lowest BCUT2D eigenvalue weighted by Crippen LogP contribution is -2.47. The fourth-order valence-corrected chi connectivity index (χ4v) is 5.60. The third-order valence-electron chi connectivity index (χ3n) is 6.73. The van der Waals surface area contributed by atoms with Crippen LogP contribution in [0.5, 0.6) is 0 Å². The van der Waals surface area contributed by atoms with Gasteiger partial charge in [0.25, 0.3) is 0 Å². The van der Waals surface area contributed by atoms with Gasteiger partial charge in [0.2, 0.25) is 5.78 Å². The molecule has 0 amide bonds. The maximum absolute atomic E-state index is 13.1. The van der Waals surface area contributed by atoms with Crippen LogP contribution in [0.15, 0.2) is 48.5 Å². The van der Waals surface area contributed by atoms with Crippen LogP contribution >= 0.6 is 11.3 Å². The first kappa shape index (κ1) is 23.6. The number of nitrogens with zero attached hydrogens (tertiary/aromatic N) is 4. The van der Waals surface area contributed by atoms with Gasteiger partial charge in [0.05, 0.1) is 6.61 Å². The Labute approximate surface area is 210 Å². The molecule has 4 N–H and O–H groups in total. The highest BCUT2D eigenvalue weighted by molar-refractivity contribution is 7.18. The van der Waals surface area contributed by atoms with Crippen molar-refractivity contribution in [2.75, 3.05) is 73.3 Å². The highest BCUT2D eigenvalue weighted by Gasteiger charge is 2.20. The topological polar surface area (TPSA) is 98.0 Å². The van der Waals surface area contributed by atoms with Gasteiger partial charge in [0.1, 0.15) is 10.7 Å². The molecule has 0 saturated carbocycles. The Morgan fingerprint density at radius 3 is 2.14 bits per heavy atom. The van der Waals surface area contributed by atoms with Crippen molar-refractivity contribution >= 4 is 45.1 Å². The number of ketones is 1. The van der Waals surface area contributed by atoms with Gasteiger partial charge in [-0.15, -0.1) is 0 Å². The molecule has 3 heterocycles. The van der Waals surface area contributed by atoms with Gasteiger partial charge in [0.15, 0.2) is 5.13 Å². The van der Waals surface area contributed by atoms with Crippen molar-refractivity contribution in [3.63, 3.8) is 0 Å². The number of hydrogen-bond donors (Lipinski definition) is 3. The molecule has 0 atom stereocenters. The Morgan fingerprint density at radius 2 is 1.51 bits per heavy atom. The summed E-state index contributed by atoms with van der Waals surface area (Å²) in [5.41, 5.74) is 9.98. The van der Waals surface area contributed by atoms with Crippen molar-refractivity contribution in [2.24, 2.45) is 0 Å². The molecule has 2 saturated heterocycles. The van der Waals surface area contributed by atoms with Gasteiger partial charge < -0.3 is 26.0 Å². The van der Waals surface area contributed by atoms with Crippen molar-refractivity contribution in [2.45, 2.75) is 12.8 Å². The van der Waals surface area contributed by atoms with Crippen LogP contribution in [0.3, 0.4) is 0 Å². The Hall–Kier alpha value is -3.14. The molecule has 9 heteroatoms. The minimum absolute atomic E-state index is 0.100. The molecular formula is C26H32N6O2S. The molecule has 2 aliphatic rings. The summed E-state index contributed by atoms with van der Waals surface area (Å²) in [5.74, 6) is 0.153. The highest BCUT2D eigenvalue weighted by Crippen LogP contribution is 2.31. The number of thiazole rings is 1. The molecule has 0 radical (unpaired) electrons. The van der Waals surface area contributed by atoms with Crippen molar-refractivity contribution in [3.05, 3.63) is 59.0 Å². The number of carbonyl (C=O) groups is 1. The van der Waals surface area contributed by atoms with Crippen LogP contribution in [-0.2, 0) is 0 Å². The van der Waals surface area contributed by atoms with Gasteiger partial charge in [-0.3, -0.25) is 9.69 Å². The smallest absolute Gasteiger partial charge is 0.206 e. The number of nitrogen functional groups attached to an aromatic ring is 1. The zero-order valence-corrected chi connectivity index (χ0v) is 20.6. The fraction of sp³-hybridized carbons (Fsp3) is 0.385. The Balaban J connectivity index is 1.21. The number of carbonyl (C=O) groups excluding carboxylic acids is 1. The first-order valence-electron chi connectivity index (χ1n) is 12.2. The van der Waals surface area contributed by atoms with E-state index in [9.17, 15) is 4.79 Å². The fourth-order valence-electron chi connectivity index (χ4n) is 4.73. The molecule has 0 aliphatic carbocycles. The van der Waals surface area contributed by atoms with E-state index < -0.39 is 0 Å². The normalized spacial score (nSPS) is 16.6. The number of benzene rings is 2. The van der Waals surface area contributed by atoms with E-state index in [0.29, 0.717) is 15.6 Å². The van der Waals surface area contributed by atoms with E-state index in [-0.39, 0.29) is 18.2 Å². The molecule has 0 bridgehead atoms. The van der Waals surface area contributed by atoms with Crippen molar-refractivity contribution in [3.8, 4) is 0 Å². The Bertz CT molecular complexity index is 1130. The van der Waals surface area contributed by atoms with Crippen LogP contribution in [-0.4, -0.2) is 73.2 Å². The van der Waals surface area contributed by atoms with Gasteiger partial charge in [-0.05, 0) is 61.4 Å². The first-order valence-corrected chi connectivity index (χ1v) is 13.0. The van der Waals surface area contributed by atoms with Crippen LogP contribution in [0.4, 0.5) is 28.0 Å². The van der Waals surface area contributed by atoms with Gasteiger partial charge >= 0.3 is 0 Å². The highest BCUT2D eigenvalue weighted by atomic mass is 32.1. The lowest BCUT2D eigenvalue weighted by Gasteiger charge is -2.35. The molecule has 35 heavy (non-hydrogen) atoms. The summed E-state index contributed by atoms with van der Waals surface area (Å²) >= 11 is 1.28. The number of nitrogens with two attached hydrogens (primary N) is 1. The largest absolute Gasteiger partial charge is 0.395 e. The van der Waals surface area contributed by atoms with Gasteiger partial charge in [-0.1, -0.05) is 11.3 Å². The maximum Gasteiger partial charge on any atom is 0.206 e. The Morgan fingerprint density at radius 1 is 0.914 bits per heavy atom. The lowest BCUT2D eigenvalue weighted by molar-refractivity contribution is 0.104. The van der Waals surface area contributed by atoms with Gasteiger partial charge in [-0.2, -0.15) is 0 Å². The average Bonchev–Trinajstić information content (AvgIpc) is 3.55. The van der Waals surface area contributed by atoms with Crippen molar-refractivity contribution in [1.82, 2.24) is 9.88 Å². The number of hydrogen-bond acceptors (Lipinski definition) is 9. The van der Waals surface area contributed by atoms with Gasteiger partial charge in [0, 0.05) is 68.4 Å². The molecular weight excluding hydrogens is 460 g/mol. The molecule has 0 spiro atoms. The lowest BCUT2D eigenvalue weighted by atomic mass is 10.1. The van der Waals surface area contributed by atoms with Crippen molar-refractivity contribution < 1.29 is 9.90 Å². The molecule has 2 aromatic carbocycles. The zero-order valence-electron chi connectivity index (χ0n) is 19.8. The van der Waals surface area contributed by atoms with E-state index in [1.165, 1.54) is 29.9 Å². The van der Waals surface area contributed by atoms with E-state index in [0.717, 1.165) is 57.2 Å². The number of nitrogens with one attached hydrogen (secondary N) is 1. The molecule has 2 aliphatic heterocycles. The predicted molar refractivity (Wildman–Crippen MR) is 143 cm³/mol. The summed E-state index contributed by atoms with van der Waals surface area (Å²) in [6.07, 6.45) is 2.44. The van der Waals surface area contributed by atoms with Crippen molar-refractivity contribution in [1.29, 1.82) is 0 Å². The van der Waals surface area contributed by atoms with E-state index in [1.54, 1.807) is 0 Å². The third-order valence-corrected chi connectivity index (χ3v) is 7.72. The monoisotopic (exact) mass is 492 g/mol. The second kappa shape index (κ2) is 10.6. The first-order chi connectivity index (χ1) is 17.1. The number of aliphatic hydroxyl groups is 1. The van der Waals surface area contributed by atoms with Crippen LogP contribution in [0.2, 0.25) is 0 Å². The molecule has 184 valence electrons. The number of rotatable bonds is 8. The SMILES string of the molecule is Nc1nc(Nc2ccc(N3CCN(CCO)CC3)cc2)sc1C(=O)c1ccc(N2CCCC2)cc1. The summed E-state index contributed by atoms with van der Waals surface area (Å²) in [7, 11) is 0. The second-order valence-electron chi connectivity index (χ2n) is 9.03. The summed E-state index contributed by atoms with van der Waals surface area (Å²) < 4.78 is 0. The second-order valence-corrected chi connectivity index (χ2v) is 10.0. The standard InChI is InChI=1S/C26H32N6O2S/c27-25-24(23(34)19-3-7-21(8-4-19)31-11-1-2-12-31)35-26(29-25)28-20-5-9-22(10-6-20)32-15-13-30(14-16-32)17-18-33/h3-10,33H,1-2,11-18,27H2,(H,28,29). The van der Waals surface area contributed by atoms with Gasteiger partial charge in [-0.25, -0.2) is 4.98 Å². The van der Waals surface area contributed by atoms with Crippen LogP contribution in [0.25, 0.3) is 0 Å². The van der Waals surface area contributed by atoms with Crippen LogP contribution in [0.1, 0.15) is 28.1 Å². The van der Waals surface area contributed by atoms with Crippen LogP contribution < -0.4 is 20.9 Å². The number of aliphatic hydroxyl groups excluding tert-OH is 1. The molecule has 3 aromatic rings. The summed E-state index contributed by atoms with van der Waals surface area (Å²) in [4.78, 5) is 24.9. The minimum atomic E-state index is -0.100. The summed E-state index contributed by atoms with van der Waals surface area (Å²) in [5, 5.41) is 13.0. The summed E-state index contributed by atoms with van der Waals surface area (Å²) in [6, 6.07) is 16.0. The zero-order chi connectivity index (χ0) is 24.2. The summed E-state index contributed by atoms with van der Waals surface area (Å²) in [6.45, 7) is 6.90. The molecule has 8 nitrogen and oxygen atoms in total. The number of piperazine rings is 1. The number of anilines is 5. The molecule has 5 rings (SSSR count). The Kier molecular flexibility index (Phi) is 7.17. The maximum atomic E-state index is 13.1. The van der Waals surface area contributed by atoms with Crippen LogP contribution in [0, 0.1) is 0 Å². The third kappa shape index (κ3) is 5.42. The molecule has 0 unspecified atom stereocenters. The predicted octanol–water partition coefficient (Wildman–Crippen LogP) is 3.41. The quantitative estimate of drug-likeness (QED) is 0.412. The molecule has 1 aromatic heterocycles.